The molecule has 0 unspecified atom stereocenters. The zero-order valence-electron chi connectivity index (χ0n) is 11.3. The number of halogens is 2. The van der Waals surface area contributed by atoms with Crippen LogP contribution in [0.3, 0.4) is 0 Å². The van der Waals surface area contributed by atoms with E-state index in [1.165, 1.54) is 24.6 Å². The van der Waals surface area contributed by atoms with Crippen LogP contribution >= 0.6 is 35.0 Å². The van der Waals surface area contributed by atoms with E-state index in [0.717, 1.165) is 11.0 Å². The molecule has 1 aliphatic rings. The number of carbonyl (C=O) groups excluding carboxylic acids is 1. The van der Waals surface area contributed by atoms with E-state index in [1.807, 2.05) is 11.6 Å². The molecule has 1 fully saturated rings. The molecule has 0 radical (unpaired) electrons. The second-order valence-corrected chi connectivity index (χ2v) is 6.80. The normalized spacial score (nSPS) is 14.4. The highest BCUT2D eigenvalue weighted by Gasteiger charge is 2.29. The molecule has 3 rings (SSSR count). The third-order valence-electron chi connectivity index (χ3n) is 3.37. The standard InChI is InChI=1S/C14H13Cl2N3OS/c1-19-13(8-2-3-8)17-18-14(19)21-7-12(20)10-5-4-9(15)6-11(10)16/h4-6,8H,2-3,7H2,1H3. The summed E-state index contributed by atoms with van der Waals surface area (Å²) < 4.78 is 1.97. The summed E-state index contributed by atoms with van der Waals surface area (Å²) in [6, 6.07) is 4.90. The summed E-state index contributed by atoms with van der Waals surface area (Å²) in [6.07, 6.45) is 2.35. The first kappa shape index (κ1) is 14.9. The van der Waals surface area contributed by atoms with Gasteiger partial charge in [0.25, 0.3) is 0 Å². The highest BCUT2D eigenvalue weighted by atomic mass is 35.5. The number of Topliss-reactive ketones (excluding diaryl/α,β-unsaturated/α-hetero) is 1. The third-order valence-corrected chi connectivity index (χ3v) is 4.94. The van der Waals surface area contributed by atoms with Gasteiger partial charge in [0.05, 0.1) is 10.8 Å². The number of rotatable bonds is 5. The lowest BCUT2D eigenvalue weighted by atomic mass is 10.1. The fourth-order valence-corrected chi connectivity index (χ4v) is 3.39. The monoisotopic (exact) mass is 341 g/mol. The average Bonchev–Trinajstić information content (AvgIpc) is 3.21. The zero-order valence-corrected chi connectivity index (χ0v) is 13.7. The van der Waals surface area contributed by atoms with Crippen molar-refractivity contribution in [3.8, 4) is 0 Å². The molecule has 0 atom stereocenters. The fraction of sp³-hybridized carbons (Fsp3) is 0.357. The molecule has 1 aromatic heterocycles. The summed E-state index contributed by atoms with van der Waals surface area (Å²) in [5, 5.41) is 10.0. The summed E-state index contributed by atoms with van der Waals surface area (Å²) in [5.74, 6) is 1.78. The van der Waals surface area contributed by atoms with Gasteiger partial charge in [-0.05, 0) is 31.0 Å². The summed E-state index contributed by atoms with van der Waals surface area (Å²) in [6.45, 7) is 0. The summed E-state index contributed by atoms with van der Waals surface area (Å²) in [4.78, 5) is 12.2. The molecule has 0 spiro atoms. The van der Waals surface area contributed by atoms with Crippen LogP contribution in [0, 0.1) is 0 Å². The van der Waals surface area contributed by atoms with E-state index in [4.69, 9.17) is 23.2 Å². The first-order valence-corrected chi connectivity index (χ1v) is 8.30. The second-order valence-electron chi connectivity index (χ2n) is 5.01. The summed E-state index contributed by atoms with van der Waals surface area (Å²) in [5.41, 5.74) is 0.484. The number of carbonyl (C=O) groups is 1. The van der Waals surface area contributed by atoms with Crippen molar-refractivity contribution >= 4 is 40.7 Å². The van der Waals surface area contributed by atoms with Crippen LogP contribution < -0.4 is 0 Å². The molecule has 4 nitrogen and oxygen atoms in total. The van der Waals surface area contributed by atoms with Crippen molar-refractivity contribution in [3.05, 3.63) is 39.6 Å². The Balaban J connectivity index is 1.68. The van der Waals surface area contributed by atoms with Crippen molar-refractivity contribution in [3.63, 3.8) is 0 Å². The van der Waals surface area contributed by atoms with E-state index in [0.29, 0.717) is 21.5 Å². The zero-order chi connectivity index (χ0) is 15.0. The van der Waals surface area contributed by atoms with Crippen LogP contribution in [0.15, 0.2) is 23.4 Å². The van der Waals surface area contributed by atoms with E-state index in [1.54, 1.807) is 18.2 Å². The lowest BCUT2D eigenvalue weighted by Crippen LogP contribution is -2.05. The number of hydrogen-bond donors (Lipinski definition) is 0. The van der Waals surface area contributed by atoms with Crippen LogP contribution in [0.5, 0.6) is 0 Å². The molecule has 1 aliphatic carbocycles. The van der Waals surface area contributed by atoms with Gasteiger partial charge in [0, 0.05) is 23.6 Å². The minimum Gasteiger partial charge on any atom is -0.309 e. The van der Waals surface area contributed by atoms with E-state index >= 15 is 0 Å². The molecule has 0 N–H and O–H groups in total. The lowest BCUT2D eigenvalue weighted by molar-refractivity contribution is 0.102. The Kier molecular flexibility index (Phi) is 4.24. The average molecular weight is 342 g/mol. The van der Waals surface area contributed by atoms with E-state index in [9.17, 15) is 4.79 Å². The maximum Gasteiger partial charge on any atom is 0.191 e. The number of ketones is 1. The smallest absolute Gasteiger partial charge is 0.191 e. The Morgan fingerprint density at radius 1 is 1.38 bits per heavy atom. The molecular weight excluding hydrogens is 329 g/mol. The molecule has 0 amide bonds. The predicted molar refractivity (Wildman–Crippen MR) is 84.5 cm³/mol. The molecule has 2 aromatic rings. The van der Waals surface area contributed by atoms with Gasteiger partial charge < -0.3 is 4.57 Å². The quantitative estimate of drug-likeness (QED) is 0.609. The van der Waals surface area contributed by atoms with Crippen molar-refractivity contribution in [1.82, 2.24) is 14.8 Å². The van der Waals surface area contributed by atoms with Gasteiger partial charge in [-0.15, -0.1) is 10.2 Å². The molecule has 1 heterocycles. The molecule has 1 aromatic carbocycles. The van der Waals surface area contributed by atoms with Crippen LogP contribution in [0.25, 0.3) is 0 Å². The van der Waals surface area contributed by atoms with Crippen LogP contribution in [0.2, 0.25) is 10.0 Å². The first-order valence-electron chi connectivity index (χ1n) is 6.56. The highest BCUT2D eigenvalue weighted by Crippen LogP contribution is 2.39. The van der Waals surface area contributed by atoms with Gasteiger partial charge >= 0.3 is 0 Å². The van der Waals surface area contributed by atoms with Gasteiger partial charge in [-0.1, -0.05) is 35.0 Å². The fourth-order valence-electron chi connectivity index (χ4n) is 2.07. The maximum absolute atomic E-state index is 12.2. The van der Waals surface area contributed by atoms with Gasteiger partial charge in [-0.25, -0.2) is 0 Å². The number of hydrogen-bond acceptors (Lipinski definition) is 4. The Hall–Kier alpha value is -1.04. The molecule has 110 valence electrons. The van der Waals surface area contributed by atoms with E-state index in [2.05, 4.69) is 10.2 Å². The predicted octanol–water partition coefficient (Wildman–Crippen LogP) is 3.97. The minimum absolute atomic E-state index is 0.0439. The lowest BCUT2D eigenvalue weighted by Gasteiger charge is -2.04. The van der Waals surface area contributed by atoms with E-state index < -0.39 is 0 Å². The highest BCUT2D eigenvalue weighted by molar-refractivity contribution is 7.99. The Morgan fingerprint density at radius 2 is 2.14 bits per heavy atom. The van der Waals surface area contributed by atoms with Crippen LogP contribution in [-0.2, 0) is 7.05 Å². The second kappa shape index (κ2) is 5.99. The topological polar surface area (TPSA) is 47.8 Å². The van der Waals surface area contributed by atoms with Crippen molar-refractivity contribution in [1.29, 1.82) is 0 Å². The maximum atomic E-state index is 12.2. The SMILES string of the molecule is Cn1c(SCC(=O)c2ccc(Cl)cc2Cl)nnc1C1CC1. The van der Waals surface area contributed by atoms with Gasteiger partial charge in [0.15, 0.2) is 10.9 Å². The minimum atomic E-state index is -0.0439. The van der Waals surface area contributed by atoms with Crippen molar-refractivity contribution in [2.24, 2.45) is 7.05 Å². The number of benzene rings is 1. The Morgan fingerprint density at radius 3 is 2.81 bits per heavy atom. The number of aromatic nitrogens is 3. The van der Waals surface area contributed by atoms with Crippen molar-refractivity contribution in [2.75, 3.05) is 5.75 Å². The number of thioether (sulfide) groups is 1. The number of nitrogens with zero attached hydrogens (tertiary/aromatic N) is 3. The molecule has 0 aliphatic heterocycles. The Bertz CT molecular complexity index is 698. The molecule has 0 saturated heterocycles. The molecule has 1 saturated carbocycles. The largest absolute Gasteiger partial charge is 0.309 e. The molecule has 0 bridgehead atoms. The van der Waals surface area contributed by atoms with Crippen LogP contribution in [0.4, 0.5) is 0 Å². The summed E-state index contributed by atoms with van der Waals surface area (Å²) >= 11 is 13.3. The molecule has 21 heavy (non-hydrogen) atoms. The van der Waals surface area contributed by atoms with Gasteiger partial charge in [0.1, 0.15) is 5.82 Å². The third kappa shape index (κ3) is 3.25. The van der Waals surface area contributed by atoms with Crippen LogP contribution in [0.1, 0.15) is 34.9 Å². The summed E-state index contributed by atoms with van der Waals surface area (Å²) in [7, 11) is 1.94. The van der Waals surface area contributed by atoms with Crippen LogP contribution in [-0.4, -0.2) is 26.3 Å². The van der Waals surface area contributed by atoms with Crippen molar-refractivity contribution < 1.29 is 4.79 Å². The van der Waals surface area contributed by atoms with Gasteiger partial charge in [-0.2, -0.15) is 0 Å². The van der Waals surface area contributed by atoms with E-state index in [-0.39, 0.29) is 11.5 Å². The molecule has 7 heteroatoms. The molecular formula is C14H13Cl2N3OS. The van der Waals surface area contributed by atoms with Crippen molar-refractivity contribution in [2.45, 2.75) is 23.9 Å². The first-order chi connectivity index (χ1) is 10.1. The van der Waals surface area contributed by atoms with Gasteiger partial charge in [-0.3, -0.25) is 4.79 Å². The van der Waals surface area contributed by atoms with Gasteiger partial charge in [0.2, 0.25) is 0 Å². The Labute approximate surface area is 136 Å².